The molecule has 4 heterocycles. The van der Waals surface area contributed by atoms with Gasteiger partial charge in [-0.05, 0) is 208 Å². The molecular weight excluding hydrogens is 1240 g/mol. The van der Waals surface area contributed by atoms with E-state index < -0.39 is 79.9 Å². The van der Waals surface area contributed by atoms with Crippen molar-refractivity contribution in [1.29, 1.82) is 0 Å². The van der Waals surface area contributed by atoms with Gasteiger partial charge in [-0.25, -0.2) is 0 Å². The Balaban J connectivity index is 1.35. The quantitative estimate of drug-likeness (QED) is 0.0222. The molecule has 0 radical (unpaired) electrons. The molecule has 0 aliphatic carbocycles. The van der Waals surface area contributed by atoms with E-state index in [1.165, 1.54) is 15.2 Å². The highest BCUT2D eigenvalue weighted by Gasteiger charge is 2.52. The fourth-order valence-electron chi connectivity index (χ4n) is 15.4. The number of likely N-dealkylation sites (tertiary alicyclic amines) is 1. The van der Waals surface area contributed by atoms with Crippen LogP contribution in [0.25, 0.3) is 0 Å². The lowest BCUT2D eigenvalue weighted by atomic mass is 9.78. The zero-order valence-corrected chi connectivity index (χ0v) is 63.0. The topological polar surface area (TPSA) is 268 Å². The highest BCUT2D eigenvalue weighted by atomic mass is 16.6. The van der Waals surface area contributed by atoms with Crippen LogP contribution in [0.1, 0.15) is 279 Å². The van der Waals surface area contributed by atoms with Crippen molar-refractivity contribution in [2.45, 2.75) is 347 Å². The van der Waals surface area contributed by atoms with Crippen LogP contribution in [-0.4, -0.2) is 213 Å². The van der Waals surface area contributed by atoms with Crippen LogP contribution in [0.4, 0.5) is 0 Å². The van der Waals surface area contributed by atoms with Gasteiger partial charge in [0.15, 0.2) is 10.8 Å². The second kappa shape index (κ2) is 36.8. The number of ether oxygens (including phenoxy) is 10. The fraction of sp³-hybridized carbons (Fsp3) is 0.918. The summed E-state index contributed by atoms with van der Waals surface area (Å²) < 4.78 is 59.8. The first-order valence-electron chi connectivity index (χ1n) is 36.2. The van der Waals surface area contributed by atoms with Gasteiger partial charge in [0.1, 0.15) is 0 Å². The average molecular weight is 1370 g/mol. The van der Waals surface area contributed by atoms with Crippen molar-refractivity contribution in [3.8, 4) is 0 Å². The van der Waals surface area contributed by atoms with Crippen LogP contribution < -0.4 is 0 Å². The lowest BCUT2D eigenvalue weighted by Gasteiger charge is -2.53. The molecule has 0 bridgehead atoms. The number of carbonyl (C=O) groups is 6. The van der Waals surface area contributed by atoms with Crippen LogP contribution in [0, 0.1) is 10.8 Å². The molecule has 0 saturated carbocycles. The average Bonchev–Trinajstić information content (AvgIpc) is 0.813. The van der Waals surface area contributed by atoms with Gasteiger partial charge >= 0.3 is 35.8 Å². The van der Waals surface area contributed by atoms with Crippen LogP contribution in [0.5, 0.6) is 0 Å². The molecule has 0 aromatic rings. The maximum absolute atomic E-state index is 14.4. The van der Waals surface area contributed by atoms with Crippen LogP contribution in [0.3, 0.4) is 0 Å². The Morgan fingerprint density at radius 1 is 0.323 bits per heavy atom. The van der Waals surface area contributed by atoms with Crippen molar-refractivity contribution in [3.05, 3.63) is 0 Å². The normalized spacial score (nSPS) is 22.2. The number of hydrogen-bond donors (Lipinski definition) is 3. The minimum atomic E-state index is -1.71. The summed E-state index contributed by atoms with van der Waals surface area (Å²) in [5.41, 5.74) is -6.52. The highest BCUT2D eigenvalue weighted by molar-refractivity contribution is 6.00. The number of hydrogen-bond acceptors (Lipinski definition) is 23. The Labute approximate surface area is 576 Å². The smallest absolute Gasteiger partial charge is 0.323 e. The lowest BCUT2D eigenvalue weighted by Crippen LogP contribution is -2.60. The number of carbonyl (C=O) groups excluding carboxylic acids is 6. The number of esters is 6. The van der Waals surface area contributed by atoms with E-state index in [1.54, 1.807) is 0 Å². The summed E-state index contributed by atoms with van der Waals surface area (Å²) in [6, 6.07) is 0. The van der Waals surface area contributed by atoms with Crippen LogP contribution in [0.2, 0.25) is 0 Å². The summed E-state index contributed by atoms with van der Waals surface area (Å²) >= 11 is 0. The molecule has 0 aromatic carbocycles. The molecule has 0 amide bonds. The van der Waals surface area contributed by atoms with Crippen LogP contribution in [0.15, 0.2) is 0 Å². The van der Waals surface area contributed by atoms with Gasteiger partial charge in [-0.3, -0.25) is 33.7 Å². The van der Waals surface area contributed by atoms with E-state index in [4.69, 9.17) is 47.4 Å². The van der Waals surface area contributed by atoms with Gasteiger partial charge in [0.2, 0.25) is 0 Å². The maximum atomic E-state index is 14.4. The summed E-state index contributed by atoms with van der Waals surface area (Å²) in [4.78, 5) is 86.1. The van der Waals surface area contributed by atoms with E-state index >= 15 is 0 Å². The van der Waals surface area contributed by atoms with Gasteiger partial charge in [-0.1, -0.05) is 39.5 Å². The molecule has 0 spiro atoms. The van der Waals surface area contributed by atoms with E-state index in [0.29, 0.717) is 116 Å². The second-order valence-electron chi connectivity index (χ2n) is 33.1. The first-order chi connectivity index (χ1) is 44.6. The van der Waals surface area contributed by atoms with Crippen molar-refractivity contribution in [1.82, 2.24) is 20.1 Å². The summed E-state index contributed by atoms with van der Waals surface area (Å²) in [6.45, 7) is 37.3. The standard InChI is InChI=1S/C73H132N4O19/c1-20-22-32-72(60(80)93-42-26-38-87-54-46-64(3,4)74(19)65(5,6)47-54,61(81)94-43-27-39-88-55-48-66(7,8)75(84)67(9,10)49-55)34-24-36-91-58(78)30-31-59(79)92-37-25-35-73(33-23-21-2,62(82)95-44-28-40-89-56-50-68(11,12)76(85)69(13,14)51-56)63(83)96-45-29-41-90-57-52-70(15,16)77(86)71(17,18)53-57/h54-57,84-86H,20-53H2,1-19H3. The first kappa shape index (κ1) is 84.8. The predicted octanol–water partition coefficient (Wildman–Crippen LogP) is 12.4. The molecule has 4 saturated heterocycles. The highest BCUT2D eigenvalue weighted by Crippen LogP contribution is 2.43. The van der Waals surface area contributed by atoms with Crippen molar-refractivity contribution < 1.29 is 91.8 Å². The van der Waals surface area contributed by atoms with Crippen molar-refractivity contribution >= 4 is 35.8 Å². The fourth-order valence-corrected chi connectivity index (χ4v) is 15.4. The maximum Gasteiger partial charge on any atom is 0.323 e. The number of piperidine rings is 4. The Morgan fingerprint density at radius 3 is 0.760 bits per heavy atom. The Hall–Kier alpha value is -3.62. The summed E-state index contributed by atoms with van der Waals surface area (Å²) in [5, 5.41) is 36.5. The molecule has 3 N–H and O–H groups in total. The SMILES string of the molecule is CCCCC(CCCOC(=O)CCC(=O)OCCCC(CCCC)(C(=O)OCCCOC1CC(C)(C)N(O)C(C)(C)C1)C(=O)OCCCOC1CC(C)(C)N(O)C(C)(C)C1)(C(=O)OCCCOC1CC(C)(C)N(C)C(C)(C)C1)C(=O)OCCCOC1CC(C)(C)N(O)C(C)(C)C1. The van der Waals surface area contributed by atoms with E-state index in [2.05, 4.69) is 39.6 Å². The predicted molar refractivity (Wildman–Crippen MR) is 363 cm³/mol. The summed E-state index contributed by atoms with van der Waals surface area (Å²) in [7, 11) is 2.14. The minimum Gasteiger partial charge on any atom is -0.466 e. The molecule has 23 heteroatoms. The lowest BCUT2D eigenvalue weighted by molar-refractivity contribution is -0.261. The first-order valence-corrected chi connectivity index (χ1v) is 36.2. The van der Waals surface area contributed by atoms with E-state index in [0.717, 1.165) is 12.8 Å². The minimum absolute atomic E-state index is 0.00338. The number of unbranched alkanes of at least 4 members (excludes halogenated alkanes) is 2. The van der Waals surface area contributed by atoms with Gasteiger partial charge in [-0.2, -0.15) is 15.2 Å². The molecule has 4 aliphatic rings. The third-order valence-electron chi connectivity index (χ3n) is 20.6. The molecule has 1 unspecified atom stereocenters. The van der Waals surface area contributed by atoms with E-state index in [-0.39, 0.29) is 127 Å². The van der Waals surface area contributed by atoms with Gasteiger partial charge in [0, 0.05) is 70.0 Å². The van der Waals surface area contributed by atoms with Crippen molar-refractivity contribution in [3.63, 3.8) is 0 Å². The summed E-state index contributed by atoms with van der Waals surface area (Å²) in [6.07, 6.45) is 8.76. The number of hydroxylamine groups is 6. The Bertz CT molecular complexity index is 2080. The van der Waals surface area contributed by atoms with Gasteiger partial charge in [0.25, 0.3) is 0 Å². The molecule has 4 aliphatic heterocycles. The van der Waals surface area contributed by atoms with Crippen LogP contribution in [-0.2, 0) is 76.1 Å². The third kappa shape index (κ3) is 24.6. The molecule has 1 atom stereocenters. The molecule has 23 nitrogen and oxygen atoms in total. The van der Waals surface area contributed by atoms with Gasteiger partial charge in [0.05, 0.1) is 103 Å². The molecule has 4 fully saturated rings. The largest absolute Gasteiger partial charge is 0.466 e. The zero-order chi connectivity index (χ0) is 72.2. The van der Waals surface area contributed by atoms with Crippen molar-refractivity contribution in [2.75, 3.05) is 73.1 Å². The molecule has 558 valence electrons. The summed E-state index contributed by atoms with van der Waals surface area (Å²) in [5.74, 6) is -4.27. The van der Waals surface area contributed by atoms with Crippen molar-refractivity contribution in [2.24, 2.45) is 10.8 Å². The molecule has 4 rings (SSSR count). The Kier molecular flexibility index (Phi) is 32.5. The zero-order valence-electron chi connectivity index (χ0n) is 63.0. The molecule has 0 aromatic heterocycles. The van der Waals surface area contributed by atoms with Crippen LogP contribution >= 0.6 is 0 Å². The van der Waals surface area contributed by atoms with E-state index in [9.17, 15) is 44.4 Å². The Morgan fingerprint density at radius 2 is 0.531 bits per heavy atom. The van der Waals surface area contributed by atoms with Gasteiger partial charge in [-0.15, -0.1) is 0 Å². The molecular formula is C73H132N4O19. The third-order valence-corrected chi connectivity index (χ3v) is 20.6. The van der Waals surface area contributed by atoms with Gasteiger partial charge < -0.3 is 63.0 Å². The second-order valence-corrected chi connectivity index (χ2v) is 33.1. The van der Waals surface area contributed by atoms with E-state index in [1.807, 2.05) is 96.9 Å². The monoisotopic (exact) mass is 1370 g/mol. The number of nitrogens with zero attached hydrogens (tertiary/aromatic N) is 4. The number of rotatable bonds is 41. The molecule has 96 heavy (non-hydrogen) atoms.